The first-order valence-electron chi connectivity index (χ1n) is 15.8. The van der Waals surface area contributed by atoms with Crippen LogP contribution in [0.2, 0.25) is 0 Å². The maximum atomic E-state index is 14.0. The predicted molar refractivity (Wildman–Crippen MR) is 179 cm³/mol. The van der Waals surface area contributed by atoms with E-state index >= 15 is 0 Å². The van der Waals surface area contributed by atoms with Crippen LogP contribution in [0.1, 0.15) is 73.5 Å². The van der Waals surface area contributed by atoms with Crippen LogP contribution in [0.3, 0.4) is 0 Å². The molecule has 0 spiro atoms. The Bertz CT molecular complexity index is 1460. The van der Waals surface area contributed by atoms with Crippen LogP contribution < -0.4 is 4.90 Å². The summed E-state index contributed by atoms with van der Waals surface area (Å²) in [6.45, 7) is 7.40. The van der Waals surface area contributed by atoms with Gasteiger partial charge in [0.15, 0.2) is 0 Å². The van der Waals surface area contributed by atoms with Gasteiger partial charge in [-0.1, -0.05) is 69.2 Å². The topological polar surface area (TPSA) is 59.7 Å². The highest BCUT2D eigenvalue weighted by atomic mass is 16.2. The molecule has 0 radical (unpaired) electrons. The molecular weight excluding hydrogens is 532 g/mol. The first-order valence-corrected chi connectivity index (χ1v) is 15.8. The molecule has 43 heavy (non-hydrogen) atoms. The van der Waals surface area contributed by atoms with Gasteiger partial charge in [0, 0.05) is 61.6 Å². The molecule has 228 valence electrons. The lowest BCUT2D eigenvalue weighted by atomic mass is 10.0. The van der Waals surface area contributed by atoms with Gasteiger partial charge in [-0.2, -0.15) is 0 Å². The maximum Gasteiger partial charge on any atom is 0.254 e. The molecule has 0 saturated heterocycles. The smallest absolute Gasteiger partial charge is 0.254 e. The number of nitrogens with one attached hydrogen (secondary N) is 1. The standard InChI is InChI=1S/C37H48N4O2/c1-6-8-9-12-29-15-19-31(20-16-29)37(43)41(28(3)7-2)27-36(42)40(26-30-17-21-33(22-18-30)39(4)5)24-23-32-25-38-35-14-11-10-13-34(32)35/h10-11,13-22,25,28,38H,6-9,12,23-24,26-27H2,1-5H3. The van der Waals surface area contributed by atoms with Gasteiger partial charge in [0.25, 0.3) is 5.91 Å². The van der Waals surface area contributed by atoms with Crippen molar-refractivity contribution in [1.82, 2.24) is 14.8 Å². The Labute approximate surface area is 257 Å². The highest BCUT2D eigenvalue weighted by molar-refractivity contribution is 5.96. The molecule has 4 aromatic rings. The van der Waals surface area contributed by atoms with Crippen LogP contribution in [-0.2, 0) is 24.2 Å². The molecule has 6 heteroatoms. The van der Waals surface area contributed by atoms with Crippen molar-refractivity contribution >= 4 is 28.4 Å². The Hall–Kier alpha value is -4.06. The molecule has 2 amide bonds. The van der Waals surface area contributed by atoms with Gasteiger partial charge in [-0.15, -0.1) is 0 Å². The third-order valence-corrected chi connectivity index (χ3v) is 8.46. The number of aromatic amines is 1. The number of para-hydroxylation sites is 1. The SMILES string of the molecule is CCCCCc1ccc(C(=O)N(CC(=O)N(CCc2c[nH]c3ccccc23)Cc2ccc(N(C)C)cc2)C(C)CC)cc1. The van der Waals surface area contributed by atoms with Gasteiger partial charge in [-0.25, -0.2) is 0 Å². The molecule has 1 unspecified atom stereocenters. The van der Waals surface area contributed by atoms with Crippen molar-refractivity contribution in [3.05, 3.63) is 101 Å². The minimum absolute atomic E-state index is 0.0404. The average Bonchev–Trinajstić information content (AvgIpc) is 3.44. The fourth-order valence-corrected chi connectivity index (χ4v) is 5.46. The highest BCUT2D eigenvalue weighted by Gasteiger charge is 2.26. The fourth-order valence-electron chi connectivity index (χ4n) is 5.46. The van der Waals surface area contributed by atoms with Gasteiger partial charge in [-0.05, 0) is 79.6 Å². The molecule has 0 saturated carbocycles. The zero-order valence-electron chi connectivity index (χ0n) is 26.6. The van der Waals surface area contributed by atoms with Crippen LogP contribution in [0.25, 0.3) is 10.9 Å². The van der Waals surface area contributed by atoms with E-state index in [0.717, 1.165) is 42.5 Å². The molecule has 3 aromatic carbocycles. The number of aryl methyl sites for hydroxylation is 1. The fraction of sp³-hybridized carbons (Fsp3) is 0.405. The third-order valence-electron chi connectivity index (χ3n) is 8.46. The second-order valence-electron chi connectivity index (χ2n) is 11.8. The number of anilines is 1. The van der Waals surface area contributed by atoms with Gasteiger partial charge in [0.2, 0.25) is 5.91 Å². The number of benzene rings is 3. The van der Waals surface area contributed by atoms with Crippen molar-refractivity contribution in [3.8, 4) is 0 Å². The van der Waals surface area contributed by atoms with E-state index < -0.39 is 0 Å². The minimum atomic E-state index is -0.0882. The summed E-state index contributed by atoms with van der Waals surface area (Å²) in [5.74, 6) is -0.129. The lowest BCUT2D eigenvalue weighted by Crippen LogP contribution is -2.46. The zero-order chi connectivity index (χ0) is 30.8. The molecular formula is C37H48N4O2. The summed E-state index contributed by atoms with van der Waals surface area (Å²) in [6, 6.07) is 24.5. The van der Waals surface area contributed by atoms with Crippen molar-refractivity contribution in [3.63, 3.8) is 0 Å². The average molecular weight is 581 g/mol. The van der Waals surface area contributed by atoms with Crippen LogP contribution in [-0.4, -0.2) is 59.8 Å². The molecule has 1 atom stereocenters. The summed E-state index contributed by atoms with van der Waals surface area (Å²) < 4.78 is 0. The van der Waals surface area contributed by atoms with Gasteiger partial charge in [0.1, 0.15) is 6.54 Å². The predicted octanol–water partition coefficient (Wildman–Crippen LogP) is 7.48. The summed E-state index contributed by atoms with van der Waals surface area (Å²) >= 11 is 0. The Kier molecular flexibility index (Phi) is 11.4. The highest BCUT2D eigenvalue weighted by Crippen LogP contribution is 2.21. The number of hydrogen-bond donors (Lipinski definition) is 1. The second-order valence-corrected chi connectivity index (χ2v) is 11.8. The molecule has 0 aliphatic rings. The number of nitrogens with zero attached hydrogens (tertiary/aromatic N) is 3. The maximum absolute atomic E-state index is 14.0. The zero-order valence-corrected chi connectivity index (χ0v) is 26.6. The molecule has 1 N–H and O–H groups in total. The number of H-pyrrole nitrogens is 1. The lowest BCUT2D eigenvalue weighted by Gasteiger charge is -2.31. The molecule has 0 fully saturated rings. The van der Waals surface area contributed by atoms with Crippen LogP contribution in [0.4, 0.5) is 5.69 Å². The van der Waals surface area contributed by atoms with Crippen molar-refractivity contribution in [2.24, 2.45) is 0 Å². The summed E-state index contributed by atoms with van der Waals surface area (Å²) in [5, 5.41) is 1.18. The summed E-state index contributed by atoms with van der Waals surface area (Å²) in [4.78, 5) is 36.9. The van der Waals surface area contributed by atoms with E-state index in [0.29, 0.717) is 18.7 Å². The summed E-state index contributed by atoms with van der Waals surface area (Å²) in [5.41, 5.74) is 6.35. The van der Waals surface area contributed by atoms with E-state index in [9.17, 15) is 9.59 Å². The number of rotatable bonds is 15. The molecule has 1 heterocycles. The van der Waals surface area contributed by atoms with Gasteiger partial charge in [-0.3, -0.25) is 9.59 Å². The van der Waals surface area contributed by atoms with Crippen LogP contribution in [0, 0.1) is 0 Å². The molecule has 4 rings (SSSR count). The minimum Gasteiger partial charge on any atom is -0.378 e. The number of carbonyl (C=O) groups excluding carboxylic acids is 2. The molecule has 0 bridgehead atoms. The van der Waals surface area contributed by atoms with E-state index in [2.05, 4.69) is 72.3 Å². The van der Waals surface area contributed by atoms with Crippen molar-refractivity contribution in [1.29, 1.82) is 0 Å². The van der Waals surface area contributed by atoms with Gasteiger partial charge < -0.3 is 19.7 Å². The summed E-state index contributed by atoms with van der Waals surface area (Å²) in [7, 11) is 4.04. The van der Waals surface area contributed by atoms with Crippen LogP contribution in [0.5, 0.6) is 0 Å². The first kappa shape index (κ1) is 31.9. The van der Waals surface area contributed by atoms with E-state index in [1.54, 1.807) is 4.90 Å². The van der Waals surface area contributed by atoms with E-state index in [1.165, 1.54) is 29.4 Å². The van der Waals surface area contributed by atoms with Crippen molar-refractivity contribution in [2.75, 3.05) is 32.1 Å². The first-order chi connectivity index (χ1) is 20.8. The largest absolute Gasteiger partial charge is 0.378 e. The van der Waals surface area contributed by atoms with E-state index in [1.807, 2.05) is 56.4 Å². The number of amides is 2. The van der Waals surface area contributed by atoms with Crippen LogP contribution in [0.15, 0.2) is 79.0 Å². The van der Waals surface area contributed by atoms with Gasteiger partial charge >= 0.3 is 0 Å². The monoisotopic (exact) mass is 580 g/mol. The molecule has 6 nitrogen and oxygen atoms in total. The Morgan fingerprint density at radius 2 is 1.53 bits per heavy atom. The van der Waals surface area contributed by atoms with E-state index in [4.69, 9.17) is 0 Å². The van der Waals surface area contributed by atoms with E-state index in [-0.39, 0.29) is 24.4 Å². The Balaban J connectivity index is 1.53. The van der Waals surface area contributed by atoms with Gasteiger partial charge in [0.05, 0.1) is 0 Å². The normalized spacial score (nSPS) is 11.8. The quantitative estimate of drug-likeness (QED) is 0.148. The molecule has 0 aliphatic heterocycles. The number of unbranched alkanes of at least 4 members (excludes halogenated alkanes) is 2. The molecule has 0 aliphatic carbocycles. The Morgan fingerprint density at radius 3 is 2.21 bits per heavy atom. The Morgan fingerprint density at radius 1 is 0.837 bits per heavy atom. The number of fused-ring (bicyclic) bond motifs is 1. The summed E-state index contributed by atoms with van der Waals surface area (Å²) in [6.07, 6.45) is 8.12. The third kappa shape index (κ3) is 8.50. The molecule has 1 aromatic heterocycles. The van der Waals surface area contributed by atoms with Crippen molar-refractivity contribution in [2.45, 2.75) is 71.9 Å². The van der Waals surface area contributed by atoms with Crippen LogP contribution >= 0.6 is 0 Å². The lowest BCUT2D eigenvalue weighted by molar-refractivity contribution is -0.133. The number of aromatic nitrogens is 1. The number of hydrogen-bond acceptors (Lipinski definition) is 3. The second kappa shape index (κ2) is 15.4. The van der Waals surface area contributed by atoms with Crippen molar-refractivity contribution < 1.29 is 9.59 Å². The number of carbonyl (C=O) groups is 2.